The van der Waals surface area contributed by atoms with E-state index in [0.717, 1.165) is 11.4 Å². The standard InChI is InChI=1S/C25H27N7O4/c1-24(15-36-16-24)23(34)29-11-7-25(35,8-12-29)14-30-17-26-21-20(22(30)33)13-28-32(21)19-5-3-18(4-6-19)31-10-2-9-27-31/h2-6,9-10,13,17,35H,7-8,11-12,14-16H2,1H3. The van der Waals surface area contributed by atoms with E-state index in [2.05, 4.69) is 15.2 Å². The van der Waals surface area contributed by atoms with Gasteiger partial charge in [-0.15, -0.1) is 0 Å². The highest BCUT2D eigenvalue weighted by Gasteiger charge is 2.45. The third-order valence-electron chi connectivity index (χ3n) is 7.22. The zero-order valence-electron chi connectivity index (χ0n) is 19.9. The molecule has 0 radical (unpaired) electrons. The van der Waals surface area contributed by atoms with E-state index in [4.69, 9.17) is 4.74 Å². The van der Waals surface area contributed by atoms with Crippen LogP contribution in [-0.4, -0.2) is 76.9 Å². The number of carbonyl (C=O) groups is 1. The number of hydrogen-bond acceptors (Lipinski definition) is 7. The van der Waals surface area contributed by atoms with Gasteiger partial charge in [0.15, 0.2) is 5.65 Å². The quantitative estimate of drug-likeness (QED) is 0.447. The zero-order valence-corrected chi connectivity index (χ0v) is 19.9. The molecule has 0 aliphatic carbocycles. The summed E-state index contributed by atoms with van der Waals surface area (Å²) in [6.45, 7) is 3.80. The topological polar surface area (TPSA) is 120 Å². The fourth-order valence-corrected chi connectivity index (χ4v) is 4.93. The van der Waals surface area contributed by atoms with Crippen LogP contribution in [0.3, 0.4) is 0 Å². The van der Waals surface area contributed by atoms with Gasteiger partial charge in [-0.05, 0) is 50.1 Å². The Morgan fingerprint density at radius 3 is 2.47 bits per heavy atom. The first-order valence-electron chi connectivity index (χ1n) is 12.0. The molecular weight excluding hydrogens is 462 g/mol. The molecule has 1 amide bonds. The van der Waals surface area contributed by atoms with Crippen LogP contribution in [0.1, 0.15) is 19.8 Å². The van der Waals surface area contributed by atoms with Crippen LogP contribution in [0, 0.1) is 5.41 Å². The van der Waals surface area contributed by atoms with Gasteiger partial charge in [0, 0.05) is 25.5 Å². The van der Waals surface area contributed by atoms with Crippen molar-refractivity contribution in [2.75, 3.05) is 26.3 Å². The van der Waals surface area contributed by atoms with E-state index in [1.807, 2.05) is 43.5 Å². The highest BCUT2D eigenvalue weighted by Crippen LogP contribution is 2.32. The number of hydrogen-bond donors (Lipinski definition) is 1. The Morgan fingerprint density at radius 1 is 1.11 bits per heavy atom. The summed E-state index contributed by atoms with van der Waals surface area (Å²) in [5, 5.41) is 20.2. The van der Waals surface area contributed by atoms with Gasteiger partial charge in [-0.25, -0.2) is 14.3 Å². The van der Waals surface area contributed by atoms with Crippen molar-refractivity contribution in [2.45, 2.75) is 31.9 Å². The molecule has 0 unspecified atom stereocenters. The maximum atomic E-state index is 13.2. The maximum absolute atomic E-state index is 13.2. The van der Waals surface area contributed by atoms with Crippen LogP contribution in [0.5, 0.6) is 0 Å². The van der Waals surface area contributed by atoms with Crippen molar-refractivity contribution in [2.24, 2.45) is 5.41 Å². The molecule has 5 heterocycles. The molecule has 2 fully saturated rings. The third kappa shape index (κ3) is 3.80. The average Bonchev–Trinajstić information content (AvgIpc) is 3.55. The lowest BCUT2D eigenvalue weighted by atomic mass is 9.84. The molecule has 11 nitrogen and oxygen atoms in total. The molecule has 2 saturated heterocycles. The number of likely N-dealkylation sites (tertiary alicyclic amines) is 1. The highest BCUT2D eigenvalue weighted by atomic mass is 16.5. The summed E-state index contributed by atoms with van der Waals surface area (Å²) in [6.07, 6.45) is 7.33. The van der Waals surface area contributed by atoms with Crippen molar-refractivity contribution >= 4 is 16.9 Å². The molecule has 2 aliphatic rings. The van der Waals surface area contributed by atoms with E-state index in [0.29, 0.717) is 50.2 Å². The van der Waals surface area contributed by atoms with Gasteiger partial charge >= 0.3 is 0 Å². The third-order valence-corrected chi connectivity index (χ3v) is 7.22. The molecule has 0 saturated carbocycles. The summed E-state index contributed by atoms with van der Waals surface area (Å²) in [6, 6.07) is 9.48. The first-order chi connectivity index (χ1) is 17.4. The lowest BCUT2D eigenvalue weighted by Gasteiger charge is -2.44. The summed E-state index contributed by atoms with van der Waals surface area (Å²) in [5.41, 5.74) is 0.321. The van der Waals surface area contributed by atoms with E-state index < -0.39 is 11.0 Å². The summed E-state index contributed by atoms with van der Waals surface area (Å²) in [4.78, 5) is 32.3. The van der Waals surface area contributed by atoms with Crippen LogP contribution in [0.15, 0.2) is 60.0 Å². The maximum Gasteiger partial charge on any atom is 0.264 e. The summed E-state index contributed by atoms with van der Waals surface area (Å²) in [5.74, 6) is 0.0705. The van der Waals surface area contributed by atoms with Crippen molar-refractivity contribution in [1.29, 1.82) is 0 Å². The number of benzene rings is 1. The van der Waals surface area contributed by atoms with Gasteiger partial charge in [-0.3, -0.25) is 14.2 Å². The molecule has 0 bridgehead atoms. The molecular formula is C25H27N7O4. The monoisotopic (exact) mass is 489 g/mol. The van der Waals surface area contributed by atoms with E-state index >= 15 is 0 Å². The number of rotatable bonds is 5. The largest absolute Gasteiger partial charge is 0.388 e. The van der Waals surface area contributed by atoms with Crippen molar-refractivity contribution in [1.82, 2.24) is 34.0 Å². The number of carbonyl (C=O) groups excluding carboxylic acids is 1. The Morgan fingerprint density at radius 2 is 1.83 bits per heavy atom. The minimum absolute atomic E-state index is 0.0705. The van der Waals surface area contributed by atoms with Gasteiger partial charge in [0.05, 0.1) is 48.3 Å². The molecule has 6 rings (SSSR count). The van der Waals surface area contributed by atoms with E-state index in [1.54, 1.807) is 20.5 Å². The van der Waals surface area contributed by atoms with E-state index in [9.17, 15) is 14.7 Å². The molecule has 36 heavy (non-hydrogen) atoms. The van der Waals surface area contributed by atoms with Gasteiger partial charge in [0.2, 0.25) is 5.91 Å². The van der Waals surface area contributed by atoms with Crippen molar-refractivity contribution < 1.29 is 14.6 Å². The number of ether oxygens (including phenoxy) is 1. The van der Waals surface area contributed by atoms with Gasteiger partial charge in [0.25, 0.3) is 5.56 Å². The second-order valence-corrected chi connectivity index (χ2v) is 10.0. The van der Waals surface area contributed by atoms with Gasteiger partial charge < -0.3 is 14.7 Å². The highest BCUT2D eigenvalue weighted by molar-refractivity contribution is 5.83. The second kappa shape index (κ2) is 8.38. The number of amides is 1. The summed E-state index contributed by atoms with van der Waals surface area (Å²) in [7, 11) is 0. The number of aliphatic hydroxyl groups is 1. The summed E-state index contributed by atoms with van der Waals surface area (Å²) < 4.78 is 10.0. The molecule has 4 aromatic rings. The van der Waals surface area contributed by atoms with Crippen molar-refractivity contribution in [3.8, 4) is 11.4 Å². The Kier molecular flexibility index (Phi) is 5.27. The van der Waals surface area contributed by atoms with Crippen molar-refractivity contribution in [3.05, 3.63) is 65.6 Å². The Bertz CT molecular complexity index is 1460. The number of nitrogens with zero attached hydrogens (tertiary/aromatic N) is 7. The predicted octanol–water partition coefficient (Wildman–Crippen LogP) is 1.16. The Hall–Kier alpha value is -3.83. The minimum Gasteiger partial charge on any atom is -0.388 e. The first-order valence-corrected chi connectivity index (χ1v) is 12.0. The summed E-state index contributed by atoms with van der Waals surface area (Å²) >= 11 is 0. The Balaban J connectivity index is 1.19. The second-order valence-electron chi connectivity index (χ2n) is 10.0. The van der Waals surface area contributed by atoms with Crippen LogP contribution in [0.4, 0.5) is 0 Å². The van der Waals surface area contributed by atoms with Crippen LogP contribution in [-0.2, 0) is 16.1 Å². The van der Waals surface area contributed by atoms with Crippen LogP contribution >= 0.6 is 0 Å². The molecule has 1 N–H and O–H groups in total. The lowest BCUT2D eigenvalue weighted by Crippen LogP contribution is -2.57. The van der Waals surface area contributed by atoms with Gasteiger partial charge in [0.1, 0.15) is 11.7 Å². The predicted molar refractivity (Wildman–Crippen MR) is 130 cm³/mol. The lowest BCUT2D eigenvalue weighted by molar-refractivity contribution is -0.172. The zero-order chi connectivity index (χ0) is 24.9. The average molecular weight is 490 g/mol. The molecule has 1 aromatic carbocycles. The molecule has 186 valence electrons. The number of aromatic nitrogens is 6. The molecule has 0 atom stereocenters. The molecule has 3 aromatic heterocycles. The fraction of sp³-hybridized carbons (Fsp3) is 0.400. The first kappa shape index (κ1) is 22.6. The van der Waals surface area contributed by atoms with Crippen LogP contribution < -0.4 is 5.56 Å². The van der Waals surface area contributed by atoms with E-state index in [1.165, 1.54) is 17.1 Å². The SMILES string of the molecule is CC1(C(=O)N2CCC(O)(Cn3cnc4c(cnn4-c4ccc(-n5cccn5)cc4)c3=O)CC2)COC1. The van der Waals surface area contributed by atoms with E-state index in [-0.39, 0.29) is 18.0 Å². The Labute approximate surface area is 206 Å². The molecule has 2 aliphatic heterocycles. The fourth-order valence-electron chi connectivity index (χ4n) is 4.93. The minimum atomic E-state index is -1.09. The normalized spacial score (nSPS) is 18.8. The van der Waals surface area contributed by atoms with Crippen LogP contribution in [0.25, 0.3) is 22.4 Å². The van der Waals surface area contributed by atoms with Gasteiger partial charge in [-0.2, -0.15) is 10.2 Å². The molecule has 11 heteroatoms. The molecule has 0 spiro atoms. The number of fused-ring (bicyclic) bond motifs is 1. The smallest absolute Gasteiger partial charge is 0.264 e. The van der Waals surface area contributed by atoms with Gasteiger partial charge in [-0.1, -0.05) is 0 Å². The van der Waals surface area contributed by atoms with Crippen LogP contribution in [0.2, 0.25) is 0 Å². The van der Waals surface area contributed by atoms with Crippen molar-refractivity contribution in [3.63, 3.8) is 0 Å². The number of piperidine rings is 1.